The molecule has 0 aliphatic carbocycles. The van der Waals surface area contributed by atoms with Gasteiger partial charge in [0, 0.05) is 35.9 Å². The molecule has 30 heavy (non-hydrogen) atoms. The first-order chi connectivity index (χ1) is 14.0. The van der Waals surface area contributed by atoms with Crippen molar-refractivity contribution in [2.24, 2.45) is 0 Å². The highest BCUT2D eigenvalue weighted by atomic mass is 16.6. The number of rotatable bonds is 7. The number of nitrogens with one attached hydrogen (secondary N) is 1. The molecule has 0 unspecified atom stereocenters. The number of carbonyl (C=O) groups is 1. The average molecular weight is 414 g/mol. The molecule has 0 aliphatic rings. The Bertz CT molecular complexity index is 935. The number of ether oxygens (including phenoxy) is 2. The molecule has 1 heterocycles. The third-order valence-electron chi connectivity index (χ3n) is 4.35. The molecule has 0 bridgehead atoms. The predicted octanol–water partition coefficient (Wildman–Crippen LogP) is 3.50. The zero-order chi connectivity index (χ0) is 22.5. The molecular formula is C22H31N5O3. The van der Waals surface area contributed by atoms with E-state index in [1.165, 1.54) is 0 Å². The van der Waals surface area contributed by atoms with Crippen LogP contribution in [0.5, 0.6) is 0 Å². The van der Waals surface area contributed by atoms with E-state index in [-0.39, 0.29) is 5.69 Å². The van der Waals surface area contributed by atoms with Crippen molar-refractivity contribution in [3.05, 3.63) is 35.7 Å². The Hall–Kier alpha value is -3.05. The molecule has 8 heteroatoms. The molecule has 1 amide bonds. The summed E-state index contributed by atoms with van der Waals surface area (Å²) in [5.41, 5.74) is 7.98. The van der Waals surface area contributed by atoms with Gasteiger partial charge in [0.05, 0.1) is 18.8 Å². The summed E-state index contributed by atoms with van der Waals surface area (Å²) in [5.74, 6) is 0. The molecule has 162 valence electrons. The SMILES string of the molecule is COCCn1nc(C#N)c(-c2ccccc2N)c1CC(C)(C)NC(=O)OC(C)(C)C. The van der Waals surface area contributed by atoms with Gasteiger partial charge in [-0.05, 0) is 40.7 Å². The fourth-order valence-electron chi connectivity index (χ4n) is 3.17. The topological polar surface area (TPSA) is 115 Å². The fraction of sp³-hybridized carbons (Fsp3) is 0.500. The molecule has 2 rings (SSSR count). The average Bonchev–Trinajstić information content (AvgIpc) is 2.94. The second kappa shape index (κ2) is 9.18. The van der Waals surface area contributed by atoms with Crippen molar-refractivity contribution < 1.29 is 14.3 Å². The Morgan fingerprint density at radius 1 is 1.27 bits per heavy atom. The molecule has 0 aliphatic heterocycles. The summed E-state index contributed by atoms with van der Waals surface area (Å²) in [6, 6.07) is 9.54. The highest BCUT2D eigenvalue weighted by molar-refractivity contribution is 5.81. The van der Waals surface area contributed by atoms with Crippen LogP contribution in [0.2, 0.25) is 0 Å². The molecular weight excluding hydrogens is 382 g/mol. The molecule has 0 atom stereocenters. The van der Waals surface area contributed by atoms with Crippen LogP contribution in [0.25, 0.3) is 11.1 Å². The van der Waals surface area contributed by atoms with Gasteiger partial charge in [0.2, 0.25) is 0 Å². The maximum Gasteiger partial charge on any atom is 0.408 e. The van der Waals surface area contributed by atoms with Crippen LogP contribution < -0.4 is 11.1 Å². The number of hydrogen-bond donors (Lipinski definition) is 2. The number of anilines is 1. The van der Waals surface area contributed by atoms with E-state index in [9.17, 15) is 10.1 Å². The normalized spacial score (nSPS) is 11.8. The number of hydrogen-bond acceptors (Lipinski definition) is 6. The smallest absolute Gasteiger partial charge is 0.408 e. The maximum atomic E-state index is 12.3. The number of alkyl carbamates (subject to hydrolysis) is 1. The van der Waals surface area contributed by atoms with Crippen molar-refractivity contribution in [2.45, 2.75) is 58.7 Å². The van der Waals surface area contributed by atoms with Crippen LogP contribution in [0, 0.1) is 11.3 Å². The zero-order valence-corrected chi connectivity index (χ0v) is 18.6. The Labute approximate surface area is 178 Å². The Morgan fingerprint density at radius 3 is 2.50 bits per heavy atom. The standard InChI is InChI=1S/C22H31N5O3/c1-21(2,3)30-20(28)25-22(4,5)13-18-19(15-9-7-8-10-16(15)24)17(14-23)26-27(18)11-12-29-6/h7-10H,11-13,24H2,1-6H3,(H,25,28). The van der Waals surface area contributed by atoms with E-state index in [2.05, 4.69) is 16.5 Å². The van der Waals surface area contributed by atoms with Gasteiger partial charge in [-0.25, -0.2) is 4.79 Å². The number of aromatic nitrogens is 2. The highest BCUT2D eigenvalue weighted by Crippen LogP contribution is 2.33. The minimum absolute atomic E-state index is 0.284. The number of carbonyl (C=O) groups excluding carboxylic acids is 1. The van der Waals surface area contributed by atoms with E-state index in [0.29, 0.717) is 30.8 Å². The van der Waals surface area contributed by atoms with Crippen LogP contribution in [-0.4, -0.2) is 40.7 Å². The van der Waals surface area contributed by atoms with Crippen LogP contribution >= 0.6 is 0 Å². The van der Waals surface area contributed by atoms with Crippen molar-refractivity contribution in [3.8, 4) is 17.2 Å². The number of nitrogen functional groups attached to an aromatic ring is 1. The summed E-state index contributed by atoms with van der Waals surface area (Å²) in [6.07, 6.45) is -0.0920. The van der Waals surface area contributed by atoms with Gasteiger partial charge in [0.1, 0.15) is 11.7 Å². The van der Waals surface area contributed by atoms with Gasteiger partial charge >= 0.3 is 6.09 Å². The molecule has 3 N–H and O–H groups in total. The predicted molar refractivity (Wildman–Crippen MR) is 116 cm³/mol. The first-order valence-electron chi connectivity index (χ1n) is 9.82. The summed E-state index contributed by atoms with van der Waals surface area (Å²) in [7, 11) is 1.61. The Morgan fingerprint density at radius 2 is 1.93 bits per heavy atom. The molecule has 0 radical (unpaired) electrons. The second-order valence-corrected chi connectivity index (χ2v) is 8.77. The molecule has 0 saturated heterocycles. The van der Waals surface area contributed by atoms with Crippen LogP contribution in [0.3, 0.4) is 0 Å². The summed E-state index contributed by atoms with van der Waals surface area (Å²) in [5, 5.41) is 17.1. The lowest BCUT2D eigenvalue weighted by molar-refractivity contribution is 0.0471. The second-order valence-electron chi connectivity index (χ2n) is 8.77. The van der Waals surface area contributed by atoms with Crippen molar-refractivity contribution in [1.82, 2.24) is 15.1 Å². The maximum absolute atomic E-state index is 12.3. The summed E-state index contributed by atoms with van der Waals surface area (Å²) >= 11 is 0. The first-order valence-corrected chi connectivity index (χ1v) is 9.82. The van der Waals surface area contributed by atoms with Gasteiger partial charge in [-0.1, -0.05) is 18.2 Å². The third kappa shape index (κ3) is 5.97. The molecule has 0 saturated carbocycles. The van der Waals surface area contributed by atoms with E-state index in [1.54, 1.807) is 17.9 Å². The lowest BCUT2D eigenvalue weighted by Gasteiger charge is -2.29. The Kier molecular flexibility index (Phi) is 7.11. The molecule has 1 aromatic carbocycles. The fourth-order valence-corrected chi connectivity index (χ4v) is 3.17. The van der Waals surface area contributed by atoms with Crippen LogP contribution in [-0.2, 0) is 22.4 Å². The van der Waals surface area contributed by atoms with E-state index in [4.69, 9.17) is 15.2 Å². The van der Waals surface area contributed by atoms with Gasteiger partial charge in [0.25, 0.3) is 0 Å². The number of nitrogens with two attached hydrogens (primary N) is 1. The van der Waals surface area contributed by atoms with Crippen LogP contribution in [0.1, 0.15) is 46.0 Å². The zero-order valence-electron chi connectivity index (χ0n) is 18.6. The summed E-state index contributed by atoms with van der Waals surface area (Å²) in [4.78, 5) is 12.3. The number of methoxy groups -OCH3 is 1. The molecule has 8 nitrogen and oxygen atoms in total. The van der Waals surface area contributed by atoms with E-state index >= 15 is 0 Å². The molecule has 2 aromatic rings. The number of nitrogens with zero attached hydrogens (tertiary/aromatic N) is 3. The summed E-state index contributed by atoms with van der Waals surface area (Å²) < 4.78 is 12.4. The van der Waals surface area contributed by atoms with Gasteiger partial charge in [-0.2, -0.15) is 10.4 Å². The summed E-state index contributed by atoms with van der Waals surface area (Å²) in [6.45, 7) is 10.1. The van der Waals surface area contributed by atoms with Gasteiger partial charge in [-0.3, -0.25) is 4.68 Å². The first kappa shape index (κ1) is 23.2. The van der Waals surface area contributed by atoms with Crippen molar-refractivity contribution in [1.29, 1.82) is 5.26 Å². The molecule has 1 aromatic heterocycles. The molecule has 0 fully saturated rings. The van der Waals surface area contributed by atoms with Crippen LogP contribution in [0.4, 0.5) is 10.5 Å². The van der Waals surface area contributed by atoms with E-state index in [0.717, 1.165) is 11.3 Å². The Balaban J connectivity index is 2.48. The number of nitriles is 1. The van der Waals surface area contributed by atoms with Gasteiger partial charge in [0.15, 0.2) is 5.69 Å². The monoisotopic (exact) mass is 413 g/mol. The van der Waals surface area contributed by atoms with Crippen molar-refractivity contribution >= 4 is 11.8 Å². The highest BCUT2D eigenvalue weighted by Gasteiger charge is 2.30. The lowest BCUT2D eigenvalue weighted by atomic mass is 9.92. The van der Waals surface area contributed by atoms with E-state index < -0.39 is 17.2 Å². The minimum Gasteiger partial charge on any atom is -0.444 e. The van der Waals surface area contributed by atoms with Crippen LogP contribution in [0.15, 0.2) is 24.3 Å². The number of benzene rings is 1. The van der Waals surface area contributed by atoms with Crippen molar-refractivity contribution in [3.63, 3.8) is 0 Å². The minimum atomic E-state index is -0.668. The van der Waals surface area contributed by atoms with Crippen molar-refractivity contribution in [2.75, 3.05) is 19.5 Å². The largest absolute Gasteiger partial charge is 0.444 e. The van der Waals surface area contributed by atoms with Gasteiger partial charge in [-0.15, -0.1) is 0 Å². The quantitative estimate of drug-likeness (QED) is 0.671. The van der Waals surface area contributed by atoms with Gasteiger partial charge < -0.3 is 20.5 Å². The number of para-hydroxylation sites is 1. The third-order valence-corrected chi connectivity index (χ3v) is 4.35. The lowest BCUT2D eigenvalue weighted by Crippen LogP contribution is -2.47. The van der Waals surface area contributed by atoms with E-state index in [1.807, 2.05) is 52.8 Å². The molecule has 0 spiro atoms. The number of amides is 1.